The predicted molar refractivity (Wildman–Crippen MR) is 214 cm³/mol. The number of rotatable bonds is 21. The summed E-state index contributed by atoms with van der Waals surface area (Å²) < 4.78 is 14.1. The van der Waals surface area contributed by atoms with Crippen LogP contribution in [0.15, 0.2) is 92.6 Å². The molecule has 1 heterocycles. The number of carbonyl (C=O) groups is 4. The average Bonchev–Trinajstić information content (AvgIpc) is 3.15. The first-order valence-electron chi connectivity index (χ1n) is 17.9. The molecule has 0 aliphatic heterocycles. The molecular formula is C41H52N6O6S. The Labute approximate surface area is 322 Å². The molecule has 3 rings (SSSR count). The molecule has 3 atom stereocenters. The Morgan fingerprint density at radius 2 is 1.57 bits per heavy atom. The van der Waals surface area contributed by atoms with E-state index in [1.165, 1.54) is 11.9 Å². The van der Waals surface area contributed by atoms with Gasteiger partial charge >= 0.3 is 6.09 Å². The highest BCUT2D eigenvalue weighted by atomic mass is 32.2. The Balaban J connectivity index is 1.91. The molecule has 2 aromatic carbocycles. The predicted octanol–water partition coefficient (Wildman–Crippen LogP) is 7.47. The van der Waals surface area contributed by atoms with E-state index in [0.717, 1.165) is 18.4 Å². The molecule has 13 heteroatoms. The standard InChI is InChI=1S/C41H52N6O6S/c1-8-12-17-26-54-47-37(48)32(18-10-3)43-38(49)34(45-39(50)35(41(5,6)7)46-40(51)52-25-13-9-2)28-21-23-31(24-22-28)53-33-27-30(11-4)42-36(44-33)29-19-15-14-16-20-29/h8-9,11,14-16,19-24,27,32,34-35H,1-2,4,10,12-13,17-18,25-26H2,3,5-7H3,(H,43,49)(H,45,50)(H,46,51)(H,47,48)/t32-,34?,35+/m0/s1. The fourth-order valence-corrected chi connectivity index (χ4v) is 5.76. The quantitative estimate of drug-likeness (QED) is 0.0491. The molecule has 0 saturated carbocycles. The van der Waals surface area contributed by atoms with Crippen LogP contribution in [-0.2, 0) is 19.1 Å². The van der Waals surface area contributed by atoms with Gasteiger partial charge in [-0.3, -0.25) is 19.1 Å². The maximum Gasteiger partial charge on any atom is 0.407 e. The first-order valence-corrected chi connectivity index (χ1v) is 18.9. The average molecular weight is 757 g/mol. The lowest BCUT2D eigenvalue weighted by molar-refractivity contribution is -0.133. The summed E-state index contributed by atoms with van der Waals surface area (Å²) in [6.07, 6.45) is 7.36. The van der Waals surface area contributed by atoms with Crippen LogP contribution < -0.4 is 25.4 Å². The molecule has 54 heavy (non-hydrogen) atoms. The number of allylic oxidation sites excluding steroid dienone is 1. The molecule has 3 aromatic rings. The van der Waals surface area contributed by atoms with Crippen molar-refractivity contribution >= 4 is 41.8 Å². The minimum atomic E-state index is -1.25. The fourth-order valence-electron chi connectivity index (χ4n) is 5.07. The minimum absolute atomic E-state index is 0.0954. The number of amides is 4. The number of carbonyl (C=O) groups excluding carboxylic acids is 4. The largest absolute Gasteiger partial charge is 0.449 e. The third-order valence-corrected chi connectivity index (χ3v) is 8.77. The van der Waals surface area contributed by atoms with Crippen molar-refractivity contribution in [2.24, 2.45) is 5.41 Å². The number of alkyl carbamates (subject to hydrolysis) is 1. The topological polar surface area (TPSA) is 161 Å². The lowest BCUT2D eigenvalue weighted by atomic mass is 9.86. The van der Waals surface area contributed by atoms with E-state index in [1.807, 2.05) is 43.3 Å². The first-order chi connectivity index (χ1) is 25.9. The van der Waals surface area contributed by atoms with Crippen LogP contribution in [0.1, 0.15) is 77.1 Å². The Morgan fingerprint density at radius 3 is 2.20 bits per heavy atom. The summed E-state index contributed by atoms with van der Waals surface area (Å²) >= 11 is 1.27. The second kappa shape index (κ2) is 21.9. The number of hydrogen-bond acceptors (Lipinski definition) is 9. The van der Waals surface area contributed by atoms with E-state index >= 15 is 0 Å². The maximum absolute atomic E-state index is 14.1. The van der Waals surface area contributed by atoms with E-state index in [-0.39, 0.29) is 18.4 Å². The minimum Gasteiger partial charge on any atom is -0.449 e. The zero-order valence-corrected chi connectivity index (χ0v) is 32.4. The molecule has 0 bridgehead atoms. The maximum atomic E-state index is 14.1. The molecule has 288 valence electrons. The van der Waals surface area contributed by atoms with Crippen molar-refractivity contribution < 1.29 is 28.7 Å². The number of nitrogens with zero attached hydrogens (tertiary/aromatic N) is 2. The Morgan fingerprint density at radius 1 is 0.870 bits per heavy atom. The van der Waals surface area contributed by atoms with Gasteiger partial charge in [-0.15, -0.1) is 13.2 Å². The van der Waals surface area contributed by atoms with Gasteiger partial charge in [-0.05, 0) is 54.9 Å². The smallest absolute Gasteiger partial charge is 0.407 e. The van der Waals surface area contributed by atoms with E-state index < -0.39 is 41.4 Å². The van der Waals surface area contributed by atoms with Gasteiger partial charge in [-0.2, -0.15) is 4.98 Å². The molecular weight excluding hydrogens is 705 g/mol. The normalized spacial score (nSPS) is 12.6. The first kappa shape index (κ1) is 43.0. The van der Waals surface area contributed by atoms with Crippen LogP contribution in [0.25, 0.3) is 17.5 Å². The van der Waals surface area contributed by atoms with E-state index in [9.17, 15) is 19.2 Å². The second-order valence-corrected chi connectivity index (χ2v) is 14.3. The fraction of sp³-hybridized carbons (Fsp3) is 0.366. The van der Waals surface area contributed by atoms with Gasteiger partial charge in [0, 0.05) is 17.4 Å². The zero-order valence-electron chi connectivity index (χ0n) is 31.6. The van der Waals surface area contributed by atoms with Crippen LogP contribution >= 0.6 is 11.9 Å². The summed E-state index contributed by atoms with van der Waals surface area (Å²) in [7, 11) is 0. The van der Waals surface area contributed by atoms with Crippen LogP contribution in [0.5, 0.6) is 11.6 Å². The number of nitrogens with one attached hydrogen (secondary N) is 4. The number of aromatic nitrogens is 2. The molecule has 0 aliphatic rings. The van der Waals surface area contributed by atoms with Gasteiger partial charge in [0.05, 0.1) is 12.3 Å². The van der Waals surface area contributed by atoms with Gasteiger partial charge in [0.25, 0.3) is 5.91 Å². The summed E-state index contributed by atoms with van der Waals surface area (Å²) in [5.74, 6) is 0.261. The molecule has 0 fully saturated rings. The highest BCUT2D eigenvalue weighted by Gasteiger charge is 2.36. The summed E-state index contributed by atoms with van der Waals surface area (Å²) in [6, 6.07) is 14.5. The molecule has 0 saturated heterocycles. The lowest BCUT2D eigenvalue weighted by Crippen LogP contribution is -2.56. The van der Waals surface area contributed by atoms with Crippen LogP contribution in [-0.4, -0.2) is 58.2 Å². The van der Waals surface area contributed by atoms with E-state index in [2.05, 4.69) is 50.4 Å². The highest BCUT2D eigenvalue weighted by molar-refractivity contribution is 7.97. The Kier molecular flexibility index (Phi) is 17.5. The van der Waals surface area contributed by atoms with Crippen molar-refractivity contribution in [1.29, 1.82) is 0 Å². The molecule has 4 amide bonds. The monoisotopic (exact) mass is 756 g/mol. The third kappa shape index (κ3) is 13.8. The van der Waals surface area contributed by atoms with Gasteiger partial charge in [-0.1, -0.05) is 107 Å². The number of ether oxygens (including phenoxy) is 2. The molecule has 12 nitrogen and oxygen atoms in total. The van der Waals surface area contributed by atoms with Gasteiger partial charge in [0.15, 0.2) is 5.82 Å². The number of hydrogen-bond donors (Lipinski definition) is 4. The van der Waals surface area contributed by atoms with Crippen molar-refractivity contribution in [1.82, 2.24) is 30.6 Å². The van der Waals surface area contributed by atoms with Crippen molar-refractivity contribution in [3.05, 3.63) is 104 Å². The lowest BCUT2D eigenvalue weighted by Gasteiger charge is -2.32. The summed E-state index contributed by atoms with van der Waals surface area (Å²) in [4.78, 5) is 62.9. The molecule has 0 radical (unpaired) electrons. The van der Waals surface area contributed by atoms with Crippen molar-refractivity contribution in [2.45, 2.75) is 77.9 Å². The van der Waals surface area contributed by atoms with Gasteiger partial charge in [0.2, 0.25) is 17.7 Å². The SMILES string of the molecule is C=CCCCSNC(=O)[C@H](CCC)NC(=O)C(NC(=O)[C@@H](NC(=O)OCCC=C)C(C)(C)C)c1ccc(Oc2cc(C=C)nc(-c3ccccc3)n2)cc1. The van der Waals surface area contributed by atoms with Crippen LogP contribution in [0.4, 0.5) is 4.79 Å². The summed E-state index contributed by atoms with van der Waals surface area (Å²) in [6.45, 7) is 18.5. The highest BCUT2D eigenvalue weighted by Crippen LogP contribution is 2.27. The molecule has 1 unspecified atom stereocenters. The van der Waals surface area contributed by atoms with E-state index in [1.54, 1.807) is 63.3 Å². The number of unbranched alkanes of at least 4 members (excludes halogenated alkanes) is 1. The summed E-state index contributed by atoms with van der Waals surface area (Å²) in [5, 5.41) is 8.30. The molecule has 1 aromatic heterocycles. The molecule has 0 aliphatic carbocycles. The third-order valence-electron chi connectivity index (χ3n) is 7.93. The number of benzene rings is 2. The molecule has 4 N–H and O–H groups in total. The summed E-state index contributed by atoms with van der Waals surface area (Å²) in [5.41, 5.74) is 1.01. The second-order valence-electron chi connectivity index (χ2n) is 13.4. The van der Waals surface area contributed by atoms with Crippen LogP contribution in [0.3, 0.4) is 0 Å². The zero-order chi connectivity index (χ0) is 39.5. The van der Waals surface area contributed by atoms with Crippen molar-refractivity contribution in [3.63, 3.8) is 0 Å². The van der Waals surface area contributed by atoms with Gasteiger partial charge < -0.3 is 25.4 Å². The van der Waals surface area contributed by atoms with Crippen molar-refractivity contribution in [2.75, 3.05) is 12.4 Å². The van der Waals surface area contributed by atoms with E-state index in [0.29, 0.717) is 47.8 Å². The van der Waals surface area contributed by atoms with Crippen LogP contribution in [0, 0.1) is 5.41 Å². The van der Waals surface area contributed by atoms with Crippen molar-refractivity contribution in [3.8, 4) is 23.0 Å². The Hall–Kier alpha value is -5.43. The van der Waals surface area contributed by atoms with Gasteiger partial charge in [-0.25, -0.2) is 9.78 Å². The Bertz CT molecular complexity index is 1730. The van der Waals surface area contributed by atoms with Crippen LogP contribution in [0.2, 0.25) is 0 Å². The molecule has 0 spiro atoms. The van der Waals surface area contributed by atoms with Gasteiger partial charge in [0.1, 0.15) is 23.9 Å². The van der Waals surface area contributed by atoms with E-state index in [4.69, 9.17) is 9.47 Å².